The van der Waals surface area contributed by atoms with Gasteiger partial charge in [-0.2, -0.15) is 20.7 Å². The van der Waals surface area contributed by atoms with E-state index in [-0.39, 0.29) is 12.1 Å². The summed E-state index contributed by atoms with van der Waals surface area (Å²) in [6.45, 7) is 0. The molecule has 0 radical (unpaired) electrons. The van der Waals surface area contributed by atoms with Gasteiger partial charge in [-0.05, 0) is 35.8 Å². The number of ether oxygens (including phenoxy) is 1. The summed E-state index contributed by atoms with van der Waals surface area (Å²) in [4.78, 5) is 21.0. The molecule has 3 aromatic heterocycles. The molecule has 9 heteroatoms. The van der Waals surface area contributed by atoms with Gasteiger partial charge in [0.05, 0.1) is 13.2 Å². The van der Waals surface area contributed by atoms with Crippen molar-refractivity contribution in [2.24, 2.45) is 5.92 Å². The number of urea groups is 1. The molecule has 0 aliphatic heterocycles. The van der Waals surface area contributed by atoms with Gasteiger partial charge in [0, 0.05) is 34.7 Å². The van der Waals surface area contributed by atoms with Crippen LogP contribution in [0.5, 0.6) is 5.88 Å². The Morgan fingerprint density at radius 2 is 2.23 bits per heavy atom. The van der Waals surface area contributed by atoms with Crippen molar-refractivity contribution in [3.8, 4) is 17.3 Å². The zero-order valence-corrected chi connectivity index (χ0v) is 15.6. The van der Waals surface area contributed by atoms with Crippen LogP contribution in [0, 0.1) is 5.92 Å². The van der Waals surface area contributed by atoms with Gasteiger partial charge < -0.3 is 10.1 Å². The fourth-order valence-corrected chi connectivity index (χ4v) is 3.88. The number of thiophene rings is 1. The van der Waals surface area contributed by atoms with Crippen LogP contribution in [0.1, 0.15) is 24.4 Å². The highest BCUT2D eigenvalue weighted by Crippen LogP contribution is 2.41. The van der Waals surface area contributed by atoms with Crippen molar-refractivity contribution < 1.29 is 9.53 Å². The molecule has 1 fully saturated rings. The summed E-state index contributed by atoms with van der Waals surface area (Å²) in [5.74, 6) is 1.62. The van der Waals surface area contributed by atoms with E-state index in [9.17, 15) is 4.79 Å². The Kier molecular flexibility index (Phi) is 4.81. The summed E-state index contributed by atoms with van der Waals surface area (Å²) in [6, 6.07) is 5.34. The largest absolute Gasteiger partial charge is 0.481 e. The molecule has 3 aromatic rings. The van der Waals surface area contributed by atoms with Crippen molar-refractivity contribution in [1.82, 2.24) is 19.7 Å². The summed E-state index contributed by atoms with van der Waals surface area (Å²) < 4.78 is 9.38. The van der Waals surface area contributed by atoms with Crippen LogP contribution in [0.2, 0.25) is 0 Å². The van der Waals surface area contributed by atoms with Crippen LogP contribution in [0.3, 0.4) is 0 Å². The topological polar surface area (TPSA) is 89.0 Å². The van der Waals surface area contributed by atoms with Crippen LogP contribution >= 0.6 is 22.9 Å². The molecule has 26 heavy (non-hydrogen) atoms. The number of rotatable bonds is 6. The number of methoxy groups -OCH3 is 1. The van der Waals surface area contributed by atoms with E-state index in [1.807, 2.05) is 29.0 Å². The minimum atomic E-state index is -0.286. The molecule has 0 saturated heterocycles. The number of amides is 2. The van der Waals surface area contributed by atoms with Crippen molar-refractivity contribution in [3.05, 3.63) is 40.7 Å². The van der Waals surface area contributed by atoms with Gasteiger partial charge in [0.1, 0.15) is 0 Å². The molecule has 4 rings (SSSR count). The van der Waals surface area contributed by atoms with Crippen LogP contribution in [0.4, 0.5) is 9.93 Å². The first-order valence-corrected chi connectivity index (χ1v) is 9.88. The van der Waals surface area contributed by atoms with Crippen LogP contribution < -0.4 is 15.4 Å². The molecule has 1 aliphatic carbocycles. The second-order valence-electron chi connectivity index (χ2n) is 5.98. The van der Waals surface area contributed by atoms with E-state index in [1.165, 1.54) is 11.5 Å². The lowest BCUT2D eigenvalue weighted by Crippen LogP contribution is -2.33. The first-order valence-electron chi connectivity index (χ1n) is 8.16. The number of aromatic nitrogens is 3. The fourth-order valence-electron chi connectivity index (χ4n) is 2.66. The van der Waals surface area contributed by atoms with Crippen molar-refractivity contribution in [3.63, 3.8) is 0 Å². The number of hydrogen-bond acceptors (Lipinski definition) is 7. The van der Waals surface area contributed by atoms with Gasteiger partial charge in [-0.1, -0.05) is 6.07 Å². The van der Waals surface area contributed by atoms with Crippen molar-refractivity contribution in [1.29, 1.82) is 0 Å². The Labute approximate surface area is 158 Å². The highest BCUT2D eigenvalue weighted by Gasteiger charge is 2.33. The Morgan fingerprint density at radius 3 is 2.88 bits per heavy atom. The first kappa shape index (κ1) is 16.9. The SMILES string of the molecule is COc1ccc(C(NC(=O)Nc2nc(-c3ccsc3)ns2)C2CC2)cn1. The molecule has 0 aromatic carbocycles. The number of hydrogen-bond donors (Lipinski definition) is 2. The highest BCUT2D eigenvalue weighted by atomic mass is 32.1. The molecule has 2 N–H and O–H groups in total. The van der Waals surface area contributed by atoms with Crippen LogP contribution in [-0.2, 0) is 0 Å². The lowest BCUT2D eigenvalue weighted by atomic mass is 10.0. The molecule has 0 spiro atoms. The van der Waals surface area contributed by atoms with E-state index < -0.39 is 0 Å². The Balaban J connectivity index is 1.42. The molecule has 1 saturated carbocycles. The monoisotopic (exact) mass is 387 g/mol. The van der Waals surface area contributed by atoms with Crippen molar-refractivity contribution in [2.75, 3.05) is 12.4 Å². The maximum absolute atomic E-state index is 12.4. The quantitative estimate of drug-likeness (QED) is 0.669. The van der Waals surface area contributed by atoms with Crippen molar-refractivity contribution >= 4 is 34.0 Å². The van der Waals surface area contributed by atoms with E-state index >= 15 is 0 Å². The molecule has 3 heterocycles. The number of carbonyl (C=O) groups excluding carboxylic acids is 1. The van der Waals surface area contributed by atoms with Gasteiger partial charge in [-0.25, -0.2) is 9.78 Å². The lowest BCUT2D eigenvalue weighted by Gasteiger charge is -2.18. The van der Waals surface area contributed by atoms with Gasteiger partial charge in [0.25, 0.3) is 0 Å². The predicted octanol–water partition coefficient (Wildman–Crippen LogP) is 3.94. The average Bonchev–Trinajstić information content (AvgIpc) is 3.15. The third kappa shape index (κ3) is 3.83. The maximum Gasteiger partial charge on any atom is 0.321 e. The Hall–Kier alpha value is -2.52. The second kappa shape index (κ2) is 7.38. The lowest BCUT2D eigenvalue weighted by molar-refractivity contribution is 0.247. The van der Waals surface area contributed by atoms with Gasteiger partial charge in [0.15, 0.2) is 5.82 Å². The van der Waals surface area contributed by atoms with E-state index in [2.05, 4.69) is 25.0 Å². The Bertz CT molecular complexity index is 875. The van der Waals surface area contributed by atoms with E-state index in [4.69, 9.17) is 4.74 Å². The zero-order valence-electron chi connectivity index (χ0n) is 14.0. The van der Waals surface area contributed by atoms with E-state index in [0.29, 0.717) is 22.8 Å². The average molecular weight is 387 g/mol. The molecule has 0 bridgehead atoms. The summed E-state index contributed by atoms with van der Waals surface area (Å²) >= 11 is 2.76. The van der Waals surface area contributed by atoms with Gasteiger partial charge in [0.2, 0.25) is 11.0 Å². The molecular weight excluding hydrogens is 370 g/mol. The van der Waals surface area contributed by atoms with Crippen LogP contribution in [0.25, 0.3) is 11.4 Å². The van der Waals surface area contributed by atoms with Gasteiger partial charge in [-0.3, -0.25) is 5.32 Å². The predicted molar refractivity (Wildman–Crippen MR) is 102 cm³/mol. The third-order valence-corrected chi connectivity index (χ3v) is 5.45. The summed E-state index contributed by atoms with van der Waals surface area (Å²) in [5, 5.41) is 10.2. The smallest absolute Gasteiger partial charge is 0.321 e. The standard InChI is InChI=1S/C17H17N5O2S2/c1-24-13-5-4-11(8-18-13)14(10-2-3-10)19-16(23)21-17-20-15(22-26-17)12-6-7-25-9-12/h4-10,14H,2-3H2,1H3,(H2,19,20,21,22,23). The minimum absolute atomic E-state index is 0.0716. The molecule has 1 atom stereocenters. The van der Waals surface area contributed by atoms with Crippen LogP contribution in [0.15, 0.2) is 35.2 Å². The summed E-state index contributed by atoms with van der Waals surface area (Å²) in [5.41, 5.74) is 1.93. The van der Waals surface area contributed by atoms with Crippen molar-refractivity contribution in [2.45, 2.75) is 18.9 Å². The van der Waals surface area contributed by atoms with E-state index in [0.717, 1.165) is 24.0 Å². The number of carbonyl (C=O) groups is 1. The van der Waals surface area contributed by atoms with Gasteiger partial charge in [-0.15, -0.1) is 0 Å². The number of anilines is 1. The number of nitrogens with one attached hydrogen (secondary N) is 2. The number of pyridine rings is 1. The second-order valence-corrected chi connectivity index (χ2v) is 7.51. The molecule has 1 unspecified atom stereocenters. The molecular formula is C17H17N5O2S2. The highest BCUT2D eigenvalue weighted by molar-refractivity contribution is 7.10. The minimum Gasteiger partial charge on any atom is -0.481 e. The Morgan fingerprint density at radius 1 is 1.35 bits per heavy atom. The molecule has 134 valence electrons. The van der Waals surface area contributed by atoms with E-state index in [1.54, 1.807) is 24.6 Å². The molecule has 2 amide bonds. The molecule has 7 nitrogen and oxygen atoms in total. The summed E-state index contributed by atoms with van der Waals surface area (Å²) in [7, 11) is 1.58. The third-order valence-electron chi connectivity index (χ3n) is 4.13. The van der Waals surface area contributed by atoms with Gasteiger partial charge >= 0.3 is 6.03 Å². The first-order chi connectivity index (χ1) is 12.7. The number of nitrogens with zero attached hydrogens (tertiary/aromatic N) is 3. The zero-order chi connectivity index (χ0) is 17.9. The fraction of sp³-hybridized carbons (Fsp3) is 0.294. The normalized spacial score (nSPS) is 14.7. The van der Waals surface area contributed by atoms with Crippen LogP contribution in [-0.4, -0.2) is 27.5 Å². The summed E-state index contributed by atoms with van der Waals surface area (Å²) in [6.07, 6.45) is 3.94. The molecule has 1 aliphatic rings. The maximum atomic E-state index is 12.4.